The molecule has 0 aromatic heterocycles. The molecule has 0 heterocycles. The van der Waals surface area contributed by atoms with Crippen LogP contribution in [0.5, 0.6) is 0 Å². The monoisotopic (exact) mass is 300 g/mol. The van der Waals surface area contributed by atoms with Gasteiger partial charge in [-0.15, -0.1) is 0 Å². The molecule has 1 aliphatic carbocycles. The third-order valence-corrected chi connectivity index (χ3v) is 6.35. The molecule has 21 heavy (non-hydrogen) atoms. The SMILES string of the molecule is COP(=O)(OC)[C@]1(c2ccccc2)C=C1c1ccccc1. The van der Waals surface area contributed by atoms with Gasteiger partial charge in [-0.2, -0.15) is 0 Å². The lowest BCUT2D eigenvalue weighted by atomic mass is 10.0. The lowest BCUT2D eigenvalue weighted by Crippen LogP contribution is -2.14. The first-order valence-corrected chi connectivity index (χ1v) is 8.28. The lowest BCUT2D eigenvalue weighted by molar-refractivity contribution is 0.266. The van der Waals surface area contributed by atoms with E-state index in [1.807, 2.05) is 66.7 Å². The van der Waals surface area contributed by atoms with Gasteiger partial charge < -0.3 is 9.05 Å². The van der Waals surface area contributed by atoms with Gasteiger partial charge >= 0.3 is 7.60 Å². The van der Waals surface area contributed by atoms with Crippen LogP contribution in [0, 0.1) is 0 Å². The number of allylic oxidation sites excluding steroid dienone is 2. The van der Waals surface area contributed by atoms with E-state index >= 15 is 0 Å². The molecule has 0 aliphatic heterocycles. The topological polar surface area (TPSA) is 35.5 Å². The second-order valence-corrected chi connectivity index (χ2v) is 7.35. The second-order valence-electron chi connectivity index (χ2n) is 4.92. The van der Waals surface area contributed by atoms with Crippen molar-refractivity contribution >= 4 is 13.2 Å². The van der Waals surface area contributed by atoms with Crippen molar-refractivity contribution in [2.24, 2.45) is 0 Å². The van der Waals surface area contributed by atoms with Crippen LogP contribution in [0.4, 0.5) is 0 Å². The largest absolute Gasteiger partial charge is 0.348 e. The van der Waals surface area contributed by atoms with Gasteiger partial charge in [-0.3, -0.25) is 4.57 Å². The van der Waals surface area contributed by atoms with E-state index in [0.717, 1.165) is 16.7 Å². The molecule has 0 spiro atoms. The second kappa shape index (κ2) is 5.27. The van der Waals surface area contributed by atoms with Crippen LogP contribution in [-0.4, -0.2) is 14.2 Å². The van der Waals surface area contributed by atoms with E-state index in [9.17, 15) is 4.57 Å². The Balaban J connectivity index is 2.11. The highest BCUT2D eigenvalue weighted by Gasteiger charge is 2.61. The van der Waals surface area contributed by atoms with Gasteiger partial charge in [-0.1, -0.05) is 66.7 Å². The molecule has 2 aromatic carbocycles. The summed E-state index contributed by atoms with van der Waals surface area (Å²) in [6.45, 7) is 0. The van der Waals surface area contributed by atoms with E-state index in [1.54, 1.807) is 0 Å². The zero-order valence-corrected chi connectivity index (χ0v) is 12.9. The maximum atomic E-state index is 13.1. The van der Waals surface area contributed by atoms with Crippen molar-refractivity contribution in [3.8, 4) is 0 Å². The maximum absolute atomic E-state index is 13.1. The van der Waals surface area contributed by atoms with E-state index in [4.69, 9.17) is 9.05 Å². The summed E-state index contributed by atoms with van der Waals surface area (Å²) >= 11 is 0. The molecule has 2 aromatic rings. The van der Waals surface area contributed by atoms with Crippen LogP contribution in [-0.2, 0) is 18.8 Å². The molecule has 0 amide bonds. The predicted octanol–water partition coefficient (Wildman–Crippen LogP) is 4.47. The van der Waals surface area contributed by atoms with Crippen molar-refractivity contribution in [3.63, 3.8) is 0 Å². The Kier molecular flexibility index (Phi) is 3.58. The average molecular weight is 300 g/mol. The van der Waals surface area contributed by atoms with Gasteiger partial charge in [0.2, 0.25) is 0 Å². The minimum Gasteiger partial charge on any atom is -0.311 e. The van der Waals surface area contributed by atoms with Crippen LogP contribution < -0.4 is 0 Å². The summed E-state index contributed by atoms with van der Waals surface area (Å²) in [7, 11) is -0.441. The van der Waals surface area contributed by atoms with Gasteiger partial charge in [0.25, 0.3) is 0 Å². The Hall–Kier alpha value is -1.67. The molecule has 3 nitrogen and oxygen atoms in total. The van der Waals surface area contributed by atoms with Gasteiger partial charge in [0.15, 0.2) is 0 Å². The first-order valence-electron chi connectivity index (χ1n) is 6.74. The molecule has 1 aliphatic rings. The molecular formula is C17H17O3P. The summed E-state index contributed by atoms with van der Waals surface area (Å²) in [5.74, 6) is 0. The fourth-order valence-electron chi connectivity index (χ4n) is 2.77. The smallest absolute Gasteiger partial charge is 0.311 e. The highest BCUT2D eigenvalue weighted by Crippen LogP contribution is 2.77. The van der Waals surface area contributed by atoms with Gasteiger partial charge in [0.1, 0.15) is 5.16 Å². The molecule has 0 bridgehead atoms. The molecule has 0 radical (unpaired) electrons. The molecule has 1 atom stereocenters. The molecule has 0 N–H and O–H groups in total. The molecule has 0 unspecified atom stereocenters. The fraction of sp³-hybridized carbons (Fsp3) is 0.176. The summed E-state index contributed by atoms with van der Waals surface area (Å²) in [5, 5.41) is -0.779. The highest BCUT2D eigenvalue weighted by molar-refractivity contribution is 7.56. The van der Waals surface area contributed by atoms with Crippen molar-refractivity contribution < 1.29 is 13.6 Å². The zero-order chi connectivity index (χ0) is 14.9. The predicted molar refractivity (Wildman–Crippen MR) is 84.2 cm³/mol. The molecular weight excluding hydrogens is 283 g/mol. The minimum atomic E-state index is -3.31. The number of hydrogen-bond donors (Lipinski definition) is 0. The Morgan fingerprint density at radius 3 is 1.90 bits per heavy atom. The first kappa shape index (κ1) is 14.3. The van der Waals surface area contributed by atoms with Crippen molar-refractivity contribution in [3.05, 3.63) is 77.9 Å². The van der Waals surface area contributed by atoms with E-state index in [2.05, 4.69) is 0 Å². The molecule has 0 saturated heterocycles. The quantitative estimate of drug-likeness (QED) is 0.764. The number of rotatable bonds is 5. The molecule has 3 rings (SSSR count). The minimum absolute atomic E-state index is 0.779. The number of benzene rings is 2. The molecule has 4 heteroatoms. The number of hydrogen-bond acceptors (Lipinski definition) is 3. The third-order valence-electron chi connectivity index (χ3n) is 3.89. The van der Waals surface area contributed by atoms with E-state index < -0.39 is 12.8 Å². The molecule has 0 fully saturated rings. The van der Waals surface area contributed by atoms with Crippen LogP contribution in [0.15, 0.2) is 66.7 Å². The summed E-state index contributed by atoms with van der Waals surface area (Å²) in [6.07, 6.45) is 1.98. The third kappa shape index (κ3) is 2.09. The molecule has 0 saturated carbocycles. The highest BCUT2D eigenvalue weighted by atomic mass is 31.2. The Bertz CT molecular complexity index is 701. The summed E-state index contributed by atoms with van der Waals surface area (Å²) in [4.78, 5) is 0. The lowest BCUT2D eigenvalue weighted by Gasteiger charge is -2.27. The first-order chi connectivity index (χ1) is 10.2. The van der Waals surface area contributed by atoms with Crippen LogP contribution in [0.3, 0.4) is 0 Å². The zero-order valence-electron chi connectivity index (χ0n) is 12.0. The van der Waals surface area contributed by atoms with E-state index in [-0.39, 0.29) is 0 Å². The maximum Gasteiger partial charge on any atom is 0.348 e. The standard InChI is InChI=1S/C17H17O3P/c1-19-21(18,20-2)17(15-11-7-4-8-12-15)13-16(17)14-9-5-3-6-10-14/h3-13H,1-2H3/t17-/m0/s1. The Labute approximate surface area is 124 Å². The van der Waals surface area contributed by atoms with Crippen molar-refractivity contribution in [1.82, 2.24) is 0 Å². The summed E-state index contributed by atoms with van der Waals surface area (Å²) in [5.41, 5.74) is 2.95. The normalized spacial score (nSPS) is 21.0. The van der Waals surface area contributed by atoms with Crippen LogP contribution in [0.1, 0.15) is 11.1 Å². The van der Waals surface area contributed by atoms with E-state index in [0.29, 0.717) is 0 Å². The van der Waals surface area contributed by atoms with Gasteiger partial charge in [0, 0.05) is 14.2 Å². The van der Waals surface area contributed by atoms with Crippen LogP contribution in [0.2, 0.25) is 0 Å². The van der Waals surface area contributed by atoms with Crippen molar-refractivity contribution in [2.75, 3.05) is 14.2 Å². The summed E-state index contributed by atoms with van der Waals surface area (Å²) in [6, 6.07) is 19.6. The fourth-order valence-corrected chi connectivity index (χ4v) is 4.67. The van der Waals surface area contributed by atoms with Crippen molar-refractivity contribution in [2.45, 2.75) is 5.16 Å². The van der Waals surface area contributed by atoms with E-state index in [1.165, 1.54) is 14.2 Å². The van der Waals surface area contributed by atoms with Crippen LogP contribution in [0.25, 0.3) is 5.57 Å². The van der Waals surface area contributed by atoms with Gasteiger partial charge in [-0.05, 0) is 16.7 Å². The molecule has 108 valence electrons. The average Bonchev–Trinajstić information content (AvgIpc) is 3.33. The Morgan fingerprint density at radius 2 is 1.38 bits per heavy atom. The van der Waals surface area contributed by atoms with Gasteiger partial charge in [0.05, 0.1) is 0 Å². The van der Waals surface area contributed by atoms with Crippen molar-refractivity contribution in [1.29, 1.82) is 0 Å². The Morgan fingerprint density at radius 1 is 0.857 bits per heavy atom. The van der Waals surface area contributed by atoms with Gasteiger partial charge in [-0.25, -0.2) is 0 Å². The van der Waals surface area contributed by atoms with Crippen LogP contribution >= 0.6 is 7.60 Å². The summed E-state index contributed by atoms with van der Waals surface area (Å²) < 4.78 is 23.7.